The van der Waals surface area contributed by atoms with E-state index in [9.17, 15) is 14.7 Å². The molecule has 0 spiro atoms. The Bertz CT molecular complexity index is 1260. The second-order valence-electron chi connectivity index (χ2n) is 8.31. The second-order valence-corrected chi connectivity index (χ2v) is 9.70. The van der Waals surface area contributed by atoms with Crippen molar-refractivity contribution in [3.8, 4) is 0 Å². The number of fused-ring (bicyclic) bond motifs is 1. The number of aliphatic hydroxyl groups excluding tert-OH is 1. The zero-order valence-electron chi connectivity index (χ0n) is 17.6. The van der Waals surface area contributed by atoms with E-state index in [1.807, 2.05) is 48.7 Å². The summed E-state index contributed by atoms with van der Waals surface area (Å²) in [7, 11) is 0. The second kappa shape index (κ2) is 8.23. The number of carbonyl (C=O) groups excluding carboxylic acids is 2. The van der Waals surface area contributed by atoms with Crippen molar-refractivity contribution in [2.45, 2.75) is 38.6 Å². The average molecular weight is 464 g/mol. The monoisotopic (exact) mass is 463 g/mol. The summed E-state index contributed by atoms with van der Waals surface area (Å²) >= 11 is 7.77. The predicted octanol–water partition coefficient (Wildman–Crippen LogP) is 6.22. The van der Waals surface area contributed by atoms with E-state index in [4.69, 9.17) is 11.6 Å². The van der Waals surface area contributed by atoms with Crippen LogP contribution < -0.4 is 4.90 Å². The maximum atomic E-state index is 13.2. The molecule has 1 amide bonds. The molecule has 5 rings (SSSR count). The Labute approximate surface area is 195 Å². The number of aryl methyl sites for hydroxylation is 3. The molecule has 2 aliphatic rings. The maximum Gasteiger partial charge on any atom is 0.300 e. The number of amides is 1. The minimum absolute atomic E-state index is 0.116. The fourth-order valence-electron chi connectivity index (χ4n) is 4.58. The van der Waals surface area contributed by atoms with E-state index in [-0.39, 0.29) is 11.3 Å². The zero-order chi connectivity index (χ0) is 22.4. The minimum Gasteiger partial charge on any atom is -0.507 e. The Kier molecular flexibility index (Phi) is 5.39. The van der Waals surface area contributed by atoms with Crippen molar-refractivity contribution in [3.63, 3.8) is 0 Å². The van der Waals surface area contributed by atoms with Crippen LogP contribution in [0.5, 0.6) is 0 Å². The van der Waals surface area contributed by atoms with Gasteiger partial charge in [0.15, 0.2) is 0 Å². The van der Waals surface area contributed by atoms with Gasteiger partial charge in [-0.25, -0.2) is 0 Å². The summed E-state index contributed by atoms with van der Waals surface area (Å²) in [4.78, 5) is 28.6. The molecule has 6 heteroatoms. The molecule has 1 saturated heterocycles. The first-order valence-electron chi connectivity index (χ1n) is 10.7. The number of ketones is 1. The highest BCUT2D eigenvalue weighted by molar-refractivity contribution is 7.10. The molecular weight excluding hydrogens is 442 g/mol. The Morgan fingerprint density at radius 2 is 1.84 bits per heavy atom. The lowest BCUT2D eigenvalue weighted by Gasteiger charge is -2.24. The average Bonchev–Trinajstić information content (AvgIpc) is 3.42. The summed E-state index contributed by atoms with van der Waals surface area (Å²) in [6, 6.07) is 14.2. The number of anilines is 1. The van der Waals surface area contributed by atoms with Crippen molar-refractivity contribution in [1.82, 2.24) is 0 Å². The smallest absolute Gasteiger partial charge is 0.300 e. The van der Waals surface area contributed by atoms with Gasteiger partial charge in [-0.05, 0) is 78.9 Å². The van der Waals surface area contributed by atoms with E-state index in [2.05, 4.69) is 0 Å². The lowest BCUT2D eigenvalue weighted by Crippen LogP contribution is -2.29. The quantitative estimate of drug-likeness (QED) is 0.285. The van der Waals surface area contributed by atoms with Crippen molar-refractivity contribution in [3.05, 3.63) is 91.6 Å². The van der Waals surface area contributed by atoms with Gasteiger partial charge in [0.1, 0.15) is 11.8 Å². The molecule has 0 bridgehead atoms. The Hall–Kier alpha value is -2.89. The van der Waals surface area contributed by atoms with Crippen molar-refractivity contribution in [2.75, 3.05) is 4.90 Å². The first-order valence-corrected chi connectivity index (χ1v) is 11.9. The molecule has 1 aromatic heterocycles. The summed E-state index contributed by atoms with van der Waals surface area (Å²) in [5.74, 6) is -1.48. The fourth-order valence-corrected chi connectivity index (χ4v) is 5.58. The largest absolute Gasteiger partial charge is 0.507 e. The Balaban J connectivity index is 1.67. The van der Waals surface area contributed by atoms with Gasteiger partial charge < -0.3 is 5.11 Å². The van der Waals surface area contributed by atoms with Crippen molar-refractivity contribution >= 4 is 46.1 Å². The van der Waals surface area contributed by atoms with Crippen LogP contribution >= 0.6 is 22.9 Å². The fraction of sp³-hybridized carbons (Fsp3) is 0.231. The SMILES string of the molecule is Cc1ccc(N2C(=O)C(=O)/C(=C(\O)c3ccc4c(c3)CCCC4)C2c2cccs2)cc1Cl. The molecule has 1 N–H and O–H groups in total. The Morgan fingerprint density at radius 3 is 2.56 bits per heavy atom. The first-order chi connectivity index (χ1) is 15.5. The van der Waals surface area contributed by atoms with E-state index < -0.39 is 17.7 Å². The molecule has 1 unspecified atom stereocenters. The molecule has 1 aliphatic carbocycles. The Morgan fingerprint density at radius 1 is 1.06 bits per heavy atom. The van der Waals surface area contributed by atoms with E-state index in [0.717, 1.165) is 29.7 Å². The third-order valence-corrected chi connectivity index (χ3v) is 7.64. The molecule has 1 aliphatic heterocycles. The van der Waals surface area contributed by atoms with Gasteiger partial charge in [-0.15, -0.1) is 11.3 Å². The van der Waals surface area contributed by atoms with Crippen LogP contribution in [0.3, 0.4) is 0 Å². The lowest BCUT2D eigenvalue weighted by molar-refractivity contribution is -0.132. The summed E-state index contributed by atoms with van der Waals surface area (Å²) in [5.41, 5.74) is 4.60. The van der Waals surface area contributed by atoms with Crippen LogP contribution in [-0.4, -0.2) is 16.8 Å². The van der Waals surface area contributed by atoms with E-state index in [0.29, 0.717) is 16.3 Å². The molecular formula is C26H22ClNO3S. The van der Waals surface area contributed by atoms with Gasteiger partial charge in [-0.3, -0.25) is 14.5 Å². The maximum absolute atomic E-state index is 13.2. The van der Waals surface area contributed by atoms with Gasteiger partial charge in [0.05, 0.1) is 5.57 Å². The molecule has 1 atom stereocenters. The number of hydrogen-bond acceptors (Lipinski definition) is 4. The van der Waals surface area contributed by atoms with Crippen LogP contribution in [0, 0.1) is 6.92 Å². The predicted molar refractivity (Wildman–Crippen MR) is 128 cm³/mol. The highest BCUT2D eigenvalue weighted by atomic mass is 35.5. The highest BCUT2D eigenvalue weighted by Crippen LogP contribution is 2.44. The van der Waals surface area contributed by atoms with Gasteiger partial charge in [-0.2, -0.15) is 0 Å². The van der Waals surface area contributed by atoms with Crippen molar-refractivity contribution in [1.29, 1.82) is 0 Å². The van der Waals surface area contributed by atoms with Gasteiger partial charge in [0.25, 0.3) is 11.7 Å². The summed E-state index contributed by atoms with van der Waals surface area (Å²) < 4.78 is 0. The number of hydrogen-bond donors (Lipinski definition) is 1. The summed E-state index contributed by atoms with van der Waals surface area (Å²) in [5, 5.41) is 13.7. The first kappa shape index (κ1) is 21.0. The summed E-state index contributed by atoms with van der Waals surface area (Å²) in [6.07, 6.45) is 4.27. The highest BCUT2D eigenvalue weighted by Gasteiger charge is 2.47. The molecule has 0 radical (unpaired) electrons. The number of aliphatic hydroxyl groups is 1. The van der Waals surface area contributed by atoms with Crippen LogP contribution in [0.2, 0.25) is 5.02 Å². The van der Waals surface area contributed by atoms with Crippen LogP contribution in [0.25, 0.3) is 5.76 Å². The number of thiophene rings is 1. The zero-order valence-corrected chi connectivity index (χ0v) is 19.2. The number of Topliss-reactive ketones (excluding diaryl/α,β-unsaturated/α-hetero) is 1. The molecule has 2 heterocycles. The number of carbonyl (C=O) groups is 2. The molecule has 0 saturated carbocycles. The van der Waals surface area contributed by atoms with Gasteiger partial charge in [0.2, 0.25) is 0 Å². The number of halogens is 1. The topological polar surface area (TPSA) is 57.6 Å². The number of benzene rings is 2. The van der Waals surface area contributed by atoms with Crippen molar-refractivity contribution in [2.24, 2.45) is 0 Å². The van der Waals surface area contributed by atoms with E-state index in [1.54, 1.807) is 12.1 Å². The molecule has 32 heavy (non-hydrogen) atoms. The minimum atomic E-state index is -0.704. The van der Waals surface area contributed by atoms with Crippen molar-refractivity contribution < 1.29 is 14.7 Å². The standard InChI is InChI=1S/C26H22ClNO3S/c1-15-8-11-19(14-20(15)27)28-23(21-7-4-12-32-21)22(25(30)26(28)31)24(29)18-10-9-16-5-2-3-6-17(16)13-18/h4,7-14,23,29H,2-3,5-6H2,1H3/b24-22-. The molecule has 1 fully saturated rings. The molecule has 4 nitrogen and oxygen atoms in total. The number of rotatable bonds is 3. The third kappa shape index (κ3) is 3.46. The van der Waals surface area contributed by atoms with E-state index >= 15 is 0 Å². The van der Waals surface area contributed by atoms with E-state index in [1.165, 1.54) is 33.8 Å². The normalized spacial score (nSPS) is 19.9. The molecule has 162 valence electrons. The van der Waals surface area contributed by atoms with Gasteiger partial charge in [-0.1, -0.05) is 35.9 Å². The number of nitrogens with zero attached hydrogens (tertiary/aromatic N) is 1. The third-order valence-electron chi connectivity index (χ3n) is 6.31. The van der Waals surface area contributed by atoms with Crippen LogP contribution in [0.15, 0.2) is 59.5 Å². The summed E-state index contributed by atoms with van der Waals surface area (Å²) in [6.45, 7) is 1.88. The van der Waals surface area contributed by atoms with Crippen LogP contribution in [-0.2, 0) is 22.4 Å². The molecule has 2 aromatic carbocycles. The molecule has 3 aromatic rings. The van der Waals surface area contributed by atoms with Crippen LogP contribution in [0.4, 0.5) is 5.69 Å². The lowest BCUT2D eigenvalue weighted by atomic mass is 9.89. The van der Waals surface area contributed by atoms with Gasteiger partial charge in [0, 0.05) is 21.2 Å². The van der Waals surface area contributed by atoms with Crippen LogP contribution in [0.1, 0.15) is 46.0 Å². The van der Waals surface area contributed by atoms with Gasteiger partial charge >= 0.3 is 0 Å².